The number of nitrogens with zero attached hydrogens (tertiary/aromatic N) is 2. The van der Waals surface area contributed by atoms with Gasteiger partial charge in [-0.2, -0.15) is 0 Å². The standard InChI is InChI=1S/C17H24N2O3/c1-12-7-8-13(2)15(10-12)22-11-16(20)19-9-5-6-14(19)17(21)18(3)4/h7-8,10,14H,5-6,9,11H2,1-4H3. The van der Waals surface area contributed by atoms with Crippen molar-refractivity contribution in [3.8, 4) is 5.75 Å². The third-order valence-corrected chi connectivity index (χ3v) is 3.99. The summed E-state index contributed by atoms with van der Waals surface area (Å²) in [6.07, 6.45) is 1.59. The van der Waals surface area contributed by atoms with Gasteiger partial charge in [0.05, 0.1) is 0 Å². The first-order valence-electron chi connectivity index (χ1n) is 7.61. The smallest absolute Gasteiger partial charge is 0.261 e. The normalized spacial score (nSPS) is 17.5. The Labute approximate surface area is 131 Å². The third-order valence-electron chi connectivity index (χ3n) is 3.99. The minimum Gasteiger partial charge on any atom is -0.483 e. The molecule has 1 fully saturated rings. The molecule has 0 N–H and O–H groups in total. The molecule has 0 aromatic heterocycles. The fourth-order valence-electron chi connectivity index (χ4n) is 2.71. The van der Waals surface area contributed by atoms with Crippen LogP contribution in [0, 0.1) is 13.8 Å². The van der Waals surface area contributed by atoms with Crippen molar-refractivity contribution in [3.63, 3.8) is 0 Å². The van der Waals surface area contributed by atoms with Gasteiger partial charge in [0, 0.05) is 20.6 Å². The summed E-state index contributed by atoms with van der Waals surface area (Å²) in [7, 11) is 3.44. The number of aryl methyl sites for hydroxylation is 2. The molecular formula is C17H24N2O3. The molecule has 1 saturated heterocycles. The largest absolute Gasteiger partial charge is 0.483 e. The van der Waals surface area contributed by atoms with E-state index in [1.54, 1.807) is 23.9 Å². The van der Waals surface area contributed by atoms with E-state index in [4.69, 9.17) is 4.74 Å². The number of hydrogen-bond acceptors (Lipinski definition) is 3. The molecule has 0 bridgehead atoms. The highest BCUT2D eigenvalue weighted by atomic mass is 16.5. The Bertz CT molecular complexity index is 569. The number of benzene rings is 1. The number of carbonyl (C=O) groups is 2. The van der Waals surface area contributed by atoms with Gasteiger partial charge in [-0.15, -0.1) is 0 Å². The molecule has 22 heavy (non-hydrogen) atoms. The van der Waals surface area contributed by atoms with Crippen molar-refractivity contribution < 1.29 is 14.3 Å². The van der Waals surface area contributed by atoms with Crippen molar-refractivity contribution in [1.29, 1.82) is 0 Å². The molecule has 2 amide bonds. The molecule has 1 aromatic rings. The zero-order chi connectivity index (χ0) is 16.3. The van der Waals surface area contributed by atoms with Crippen LogP contribution < -0.4 is 4.74 Å². The Morgan fingerprint density at radius 1 is 1.32 bits per heavy atom. The lowest BCUT2D eigenvalue weighted by Crippen LogP contribution is -2.47. The van der Waals surface area contributed by atoms with Crippen LogP contribution in [0.15, 0.2) is 18.2 Å². The van der Waals surface area contributed by atoms with Crippen molar-refractivity contribution in [2.75, 3.05) is 27.2 Å². The van der Waals surface area contributed by atoms with E-state index >= 15 is 0 Å². The SMILES string of the molecule is Cc1ccc(C)c(OCC(=O)N2CCCC2C(=O)N(C)C)c1. The fourth-order valence-corrected chi connectivity index (χ4v) is 2.71. The predicted octanol–water partition coefficient (Wildman–Crippen LogP) is 1.76. The highest BCUT2D eigenvalue weighted by Gasteiger charge is 2.34. The summed E-state index contributed by atoms with van der Waals surface area (Å²) in [6.45, 7) is 4.54. The van der Waals surface area contributed by atoms with E-state index in [-0.39, 0.29) is 24.5 Å². The molecule has 1 atom stereocenters. The van der Waals surface area contributed by atoms with Gasteiger partial charge in [0.1, 0.15) is 11.8 Å². The Hall–Kier alpha value is -2.04. The summed E-state index contributed by atoms with van der Waals surface area (Å²) in [5.41, 5.74) is 2.09. The Balaban J connectivity index is 1.99. The molecule has 1 aromatic carbocycles. The fraction of sp³-hybridized carbons (Fsp3) is 0.529. The predicted molar refractivity (Wildman–Crippen MR) is 84.8 cm³/mol. The van der Waals surface area contributed by atoms with Gasteiger partial charge in [0.15, 0.2) is 6.61 Å². The topological polar surface area (TPSA) is 49.9 Å². The second-order valence-corrected chi connectivity index (χ2v) is 6.04. The van der Waals surface area contributed by atoms with Crippen molar-refractivity contribution >= 4 is 11.8 Å². The van der Waals surface area contributed by atoms with Gasteiger partial charge >= 0.3 is 0 Å². The second-order valence-electron chi connectivity index (χ2n) is 6.04. The highest BCUT2D eigenvalue weighted by molar-refractivity contribution is 5.88. The highest BCUT2D eigenvalue weighted by Crippen LogP contribution is 2.21. The molecule has 1 unspecified atom stereocenters. The van der Waals surface area contributed by atoms with E-state index in [1.807, 2.05) is 32.0 Å². The molecule has 0 radical (unpaired) electrons. The first-order chi connectivity index (χ1) is 10.4. The number of rotatable bonds is 4. The zero-order valence-electron chi connectivity index (χ0n) is 13.8. The van der Waals surface area contributed by atoms with Crippen LogP contribution in [-0.4, -0.2) is 54.9 Å². The quantitative estimate of drug-likeness (QED) is 0.851. The van der Waals surface area contributed by atoms with Crippen molar-refractivity contribution in [2.24, 2.45) is 0 Å². The summed E-state index contributed by atoms with van der Waals surface area (Å²) in [6, 6.07) is 5.57. The summed E-state index contributed by atoms with van der Waals surface area (Å²) < 4.78 is 5.66. The molecule has 120 valence electrons. The number of likely N-dealkylation sites (N-methyl/N-ethyl adjacent to an activating group) is 1. The third kappa shape index (κ3) is 3.59. The van der Waals surface area contributed by atoms with Crippen LogP contribution in [0.1, 0.15) is 24.0 Å². The lowest BCUT2D eigenvalue weighted by molar-refractivity contribution is -0.143. The van der Waals surface area contributed by atoms with Gasteiger partial charge in [0.25, 0.3) is 5.91 Å². The number of likely N-dealkylation sites (tertiary alicyclic amines) is 1. The maximum Gasteiger partial charge on any atom is 0.261 e. The van der Waals surface area contributed by atoms with Gasteiger partial charge in [0.2, 0.25) is 5.91 Å². The summed E-state index contributed by atoms with van der Waals surface area (Å²) >= 11 is 0. The van der Waals surface area contributed by atoms with Crippen LogP contribution >= 0.6 is 0 Å². The van der Waals surface area contributed by atoms with Crippen LogP contribution in [0.3, 0.4) is 0 Å². The van der Waals surface area contributed by atoms with E-state index in [0.717, 1.165) is 29.7 Å². The summed E-state index contributed by atoms with van der Waals surface area (Å²) in [4.78, 5) is 27.7. The molecule has 1 heterocycles. The van der Waals surface area contributed by atoms with Gasteiger partial charge in [-0.05, 0) is 43.9 Å². The molecule has 1 aliphatic heterocycles. The number of carbonyl (C=O) groups excluding carboxylic acids is 2. The van der Waals surface area contributed by atoms with E-state index in [9.17, 15) is 9.59 Å². The van der Waals surface area contributed by atoms with E-state index < -0.39 is 0 Å². The molecule has 5 nitrogen and oxygen atoms in total. The van der Waals surface area contributed by atoms with E-state index in [1.165, 1.54) is 0 Å². The summed E-state index contributed by atoms with van der Waals surface area (Å²) in [5.74, 6) is 0.583. The Kier molecular flexibility index (Phi) is 5.06. The summed E-state index contributed by atoms with van der Waals surface area (Å²) in [5, 5.41) is 0. The van der Waals surface area contributed by atoms with Crippen LogP contribution in [-0.2, 0) is 9.59 Å². The second kappa shape index (κ2) is 6.81. The first-order valence-corrected chi connectivity index (χ1v) is 7.61. The van der Waals surface area contributed by atoms with Crippen molar-refractivity contribution in [3.05, 3.63) is 29.3 Å². The first kappa shape index (κ1) is 16.3. The van der Waals surface area contributed by atoms with Gasteiger partial charge in [-0.25, -0.2) is 0 Å². The lowest BCUT2D eigenvalue weighted by atomic mass is 10.1. The monoisotopic (exact) mass is 304 g/mol. The van der Waals surface area contributed by atoms with Crippen molar-refractivity contribution in [2.45, 2.75) is 32.7 Å². The molecule has 0 spiro atoms. The molecule has 0 aliphatic carbocycles. The number of hydrogen-bond donors (Lipinski definition) is 0. The van der Waals surface area contributed by atoms with Crippen LogP contribution in [0.2, 0.25) is 0 Å². The molecule has 0 saturated carbocycles. The van der Waals surface area contributed by atoms with Gasteiger partial charge in [-0.3, -0.25) is 9.59 Å². The van der Waals surface area contributed by atoms with Gasteiger partial charge in [-0.1, -0.05) is 12.1 Å². The minimum atomic E-state index is -0.343. The van der Waals surface area contributed by atoms with Gasteiger partial charge < -0.3 is 14.5 Å². The molecule has 5 heteroatoms. The average molecular weight is 304 g/mol. The average Bonchev–Trinajstić information content (AvgIpc) is 2.96. The minimum absolute atomic E-state index is 0.0161. The van der Waals surface area contributed by atoms with E-state index in [0.29, 0.717) is 6.54 Å². The van der Waals surface area contributed by atoms with E-state index in [2.05, 4.69) is 0 Å². The maximum atomic E-state index is 12.4. The molecule has 2 rings (SSSR count). The van der Waals surface area contributed by atoms with Crippen molar-refractivity contribution in [1.82, 2.24) is 9.80 Å². The zero-order valence-corrected chi connectivity index (χ0v) is 13.8. The number of ether oxygens (including phenoxy) is 1. The van der Waals surface area contributed by atoms with Crippen LogP contribution in [0.25, 0.3) is 0 Å². The Morgan fingerprint density at radius 2 is 2.05 bits per heavy atom. The molecular weight excluding hydrogens is 280 g/mol. The van der Waals surface area contributed by atoms with Crippen LogP contribution in [0.4, 0.5) is 0 Å². The Morgan fingerprint density at radius 3 is 2.73 bits per heavy atom. The maximum absolute atomic E-state index is 12.4. The van der Waals surface area contributed by atoms with Crippen LogP contribution in [0.5, 0.6) is 5.75 Å². The molecule has 1 aliphatic rings. The number of amides is 2. The lowest BCUT2D eigenvalue weighted by Gasteiger charge is -2.26.